The fraction of sp³-hybridized carbons (Fsp3) is 0.263. The van der Waals surface area contributed by atoms with Crippen LogP contribution in [0.15, 0.2) is 54.6 Å². The summed E-state index contributed by atoms with van der Waals surface area (Å²) in [5.41, 5.74) is 1.66. The zero-order valence-corrected chi connectivity index (χ0v) is 14.2. The molecule has 0 saturated carbocycles. The van der Waals surface area contributed by atoms with Crippen LogP contribution < -0.4 is 0 Å². The molecule has 0 spiro atoms. The summed E-state index contributed by atoms with van der Waals surface area (Å²) in [5.74, 6) is -0.00163. The van der Waals surface area contributed by atoms with E-state index < -0.39 is 0 Å². The molecule has 1 fully saturated rings. The number of halogens is 1. The van der Waals surface area contributed by atoms with Gasteiger partial charge in [-0.1, -0.05) is 41.9 Å². The molecule has 124 valence electrons. The molecule has 2 aromatic rings. The summed E-state index contributed by atoms with van der Waals surface area (Å²) in [6.07, 6.45) is 0. The standard InChI is InChI=1S/C19H19ClN2O2/c1-14(23)22-12-11-21(13-18(22)15-5-3-2-4-6-15)19(24)16-7-9-17(20)10-8-16/h2-10,18H,11-13H2,1H3/t18-/m0/s1. The van der Waals surface area contributed by atoms with E-state index in [0.717, 1.165) is 5.56 Å². The Balaban J connectivity index is 1.83. The molecule has 1 aliphatic heterocycles. The summed E-state index contributed by atoms with van der Waals surface area (Å²) in [5, 5.41) is 0.607. The van der Waals surface area contributed by atoms with Crippen molar-refractivity contribution in [1.82, 2.24) is 9.80 Å². The van der Waals surface area contributed by atoms with Gasteiger partial charge in [0.05, 0.1) is 6.04 Å². The summed E-state index contributed by atoms with van der Waals surface area (Å²) in [4.78, 5) is 28.4. The van der Waals surface area contributed by atoms with Crippen LogP contribution in [-0.4, -0.2) is 41.2 Å². The van der Waals surface area contributed by atoms with E-state index in [2.05, 4.69) is 0 Å². The molecule has 0 aromatic heterocycles. The number of piperazine rings is 1. The first-order valence-electron chi connectivity index (χ1n) is 7.93. The van der Waals surface area contributed by atoms with E-state index in [1.54, 1.807) is 36.1 Å². The number of hydrogen-bond acceptors (Lipinski definition) is 2. The highest BCUT2D eigenvalue weighted by Gasteiger charge is 2.32. The third-order valence-corrected chi connectivity index (χ3v) is 4.60. The zero-order chi connectivity index (χ0) is 17.1. The Labute approximate surface area is 146 Å². The second-order valence-electron chi connectivity index (χ2n) is 5.90. The number of amides is 2. The molecule has 1 saturated heterocycles. The minimum absolute atomic E-state index is 0.0300. The molecular weight excluding hydrogens is 324 g/mol. The van der Waals surface area contributed by atoms with Gasteiger partial charge in [-0.25, -0.2) is 0 Å². The molecule has 0 unspecified atom stereocenters. The lowest BCUT2D eigenvalue weighted by molar-refractivity contribution is -0.133. The molecule has 2 aromatic carbocycles. The normalized spacial score (nSPS) is 17.7. The van der Waals surface area contributed by atoms with E-state index in [4.69, 9.17) is 11.6 Å². The predicted octanol–water partition coefficient (Wildman–Crippen LogP) is 3.39. The van der Waals surface area contributed by atoms with Crippen molar-refractivity contribution in [2.75, 3.05) is 19.6 Å². The van der Waals surface area contributed by atoms with E-state index in [9.17, 15) is 9.59 Å². The van der Waals surface area contributed by atoms with Gasteiger partial charge < -0.3 is 9.80 Å². The van der Waals surface area contributed by atoms with E-state index in [-0.39, 0.29) is 17.9 Å². The predicted molar refractivity (Wildman–Crippen MR) is 93.9 cm³/mol. The van der Waals surface area contributed by atoms with Crippen LogP contribution in [0, 0.1) is 0 Å². The minimum atomic E-state index is -0.117. The van der Waals surface area contributed by atoms with Crippen molar-refractivity contribution in [1.29, 1.82) is 0 Å². The van der Waals surface area contributed by atoms with Crippen LogP contribution in [-0.2, 0) is 4.79 Å². The van der Waals surface area contributed by atoms with E-state index in [0.29, 0.717) is 30.2 Å². The van der Waals surface area contributed by atoms with Gasteiger partial charge in [0.25, 0.3) is 5.91 Å². The monoisotopic (exact) mass is 342 g/mol. The molecule has 1 aliphatic rings. The molecule has 2 amide bonds. The fourth-order valence-corrected chi connectivity index (χ4v) is 3.21. The summed E-state index contributed by atoms with van der Waals surface area (Å²) in [7, 11) is 0. The maximum atomic E-state index is 12.7. The maximum absolute atomic E-state index is 12.7. The Morgan fingerprint density at radius 3 is 2.29 bits per heavy atom. The smallest absolute Gasteiger partial charge is 0.253 e. The van der Waals surface area contributed by atoms with Gasteiger partial charge in [0.2, 0.25) is 5.91 Å². The molecule has 24 heavy (non-hydrogen) atoms. The van der Waals surface area contributed by atoms with Crippen molar-refractivity contribution in [3.63, 3.8) is 0 Å². The van der Waals surface area contributed by atoms with Gasteiger partial charge in [0, 0.05) is 37.1 Å². The highest BCUT2D eigenvalue weighted by molar-refractivity contribution is 6.30. The van der Waals surface area contributed by atoms with Crippen LogP contribution in [0.1, 0.15) is 28.9 Å². The average Bonchev–Trinajstić information content (AvgIpc) is 2.62. The molecule has 1 atom stereocenters. The molecule has 4 nitrogen and oxygen atoms in total. The third-order valence-electron chi connectivity index (χ3n) is 4.35. The fourth-order valence-electron chi connectivity index (χ4n) is 3.08. The molecule has 3 rings (SSSR count). The van der Waals surface area contributed by atoms with Crippen LogP contribution in [0.2, 0.25) is 5.02 Å². The number of carbonyl (C=O) groups excluding carboxylic acids is 2. The molecule has 0 radical (unpaired) electrons. The molecule has 0 aliphatic carbocycles. The lowest BCUT2D eigenvalue weighted by Gasteiger charge is -2.41. The second-order valence-corrected chi connectivity index (χ2v) is 6.33. The van der Waals surface area contributed by atoms with Crippen LogP contribution in [0.5, 0.6) is 0 Å². The molecular formula is C19H19ClN2O2. The van der Waals surface area contributed by atoms with Gasteiger partial charge in [-0.2, -0.15) is 0 Å². The first-order valence-corrected chi connectivity index (χ1v) is 8.31. The Hall–Kier alpha value is -2.33. The van der Waals surface area contributed by atoms with E-state index in [1.807, 2.05) is 35.2 Å². The van der Waals surface area contributed by atoms with Gasteiger partial charge in [0.15, 0.2) is 0 Å². The topological polar surface area (TPSA) is 40.6 Å². The van der Waals surface area contributed by atoms with Crippen molar-refractivity contribution >= 4 is 23.4 Å². The van der Waals surface area contributed by atoms with E-state index in [1.165, 1.54) is 0 Å². The quantitative estimate of drug-likeness (QED) is 0.839. The van der Waals surface area contributed by atoms with Gasteiger partial charge in [-0.15, -0.1) is 0 Å². The number of benzene rings is 2. The Bertz CT molecular complexity index is 731. The van der Waals surface area contributed by atoms with Crippen LogP contribution in [0.25, 0.3) is 0 Å². The van der Waals surface area contributed by atoms with Crippen LogP contribution >= 0.6 is 11.6 Å². The average molecular weight is 343 g/mol. The van der Waals surface area contributed by atoms with Crippen LogP contribution in [0.4, 0.5) is 0 Å². The Kier molecular flexibility index (Phi) is 4.86. The zero-order valence-electron chi connectivity index (χ0n) is 13.5. The van der Waals surface area contributed by atoms with Crippen molar-refractivity contribution in [2.45, 2.75) is 13.0 Å². The summed E-state index contributed by atoms with van der Waals surface area (Å²) in [6.45, 7) is 3.14. The first-order chi connectivity index (χ1) is 11.6. The van der Waals surface area contributed by atoms with Gasteiger partial charge >= 0.3 is 0 Å². The number of hydrogen-bond donors (Lipinski definition) is 0. The van der Waals surface area contributed by atoms with Gasteiger partial charge in [-0.05, 0) is 29.8 Å². The van der Waals surface area contributed by atoms with Crippen molar-refractivity contribution in [3.8, 4) is 0 Å². The highest BCUT2D eigenvalue weighted by Crippen LogP contribution is 2.26. The summed E-state index contributed by atoms with van der Waals surface area (Å²) >= 11 is 5.89. The van der Waals surface area contributed by atoms with Crippen LogP contribution in [0.3, 0.4) is 0 Å². The van der Waals surface area contributed by atoms with Gasteiger partial charge in [-0.3, -0.25) is 9.59 Å². The Morgan fingerprint density at radius 2 is 1.67 bits per heavy atom. The second kappa shape index (κ2) is 7.05. The van der Waals surface area contributed by atoms with Crippen molar-refractivity contribution < 1.29 is 9.59 Å². The number of rotatable bonds is 2. The third kappa shape index (κ3) is 3.44. The molecule has 5 heteroatoms. The minimum Gasteiger partial charge on any atom is -0.334 e. The van der Waals surface area contributed by atoms with Crippen molar-refractivity contribution in [3.05, 3.63) is 70.7 Å². The van der Waals surface area contributed by atoms with Gasteiger partial charge in [0.1, 0.15) is 0 Å². The lowest BCUT2D eigenvalue weighted by Crippen LogP contribution is -2.51. The summed E-state index contributed by atoms with van der Waals surface area (Å²) < 4.78 is 0. The number of nitrogens with zero attached hydrogens (tertiary/aromatic N) is 2. The van der Waals surface area contributed by atoms with Crippen molar-refractivity contribution in [2.24, 2.45) is 0 Å². The Morgan fingerprint density at radius 1 is 1.00 bits per heavy atom. The molecule has 0 N–H and O–H groups in total. The SMILES string of the molecule is CC(=O)N1CCN(C(=O)c2ccc(Cl)cc2)C[C@H]1c1ccccc1. The molecule has 0 bridgehead atoms. The summed E-state index contributed by atoms with van der Waals surface area (Å²) in [6, 6.07) is 16.6. The lowest BCUT2D eigenvalue weighted by atomic mass is 10.0. The first kappa shape index (κ1) is 16.5. The molecule has 1 heterocycles. The van der Waals surface area contributed by atoms with E-state index >= 15 is 0 Å². The number of carbonyl (C=O) groups is 2. The highest BCUT2D eigenvalue weighted by atomic mass is 35.5. The maximum Gasteiger partial charge on any atom is 0.253 e. The largest absolute Gasteiger partial charge is 0.334 e.